The van der Waals surface area contributed by atoms with E-state index in [0.29, 0.717) is 62.2 Å². The lowest BCUT2D eigenvalue weighted by Crippen LogP contribution is -2.48. The zero-order chi connectivity index (χ0) is 24.0. The highest BCUT2D eigenvalue weighted by atomic mass is 35.5. The fraction of sp³-hybridized carbons (Fsp3) is 0.391. The van der Waals surface area contributed by atoms with Crippen LogP contribution in [0.25, 0.3) is 0 Å². The highest BCUT2D eigenvalue weighted by molar-refractivity contribution is 6.30. The largest absolute Gasteiger partial charge is 0.494 e. The van der Waals surface area contributed by atoms with Gasteiger partial charge in [0.25, 0.3) is 11.6 Å². The summed E-state index contributed by atoms with van der Waals surface area (Å²) in [7, 11) is 1.66. The molecule has 0 aliphatic carbocycles. The van der Waals surface area contributed by atoms with Crippen LogP contribution in [0.5, 0.6) is 5.75 Å². The van der Waals surface area contributed by atoms with Crippen molar-refractivity contribution in [3.05, 3.63) is 63.2 Å². The van der Waals surface area contributed by atoms with Crippen LogP contribution >= 0.6 is 11.6 Å². The third-order valence-electron chi connectivity index (χ3n) is 5.55. The van der Waals surface area contributed by atoms with E-state index in [-0.39, 0.29) is 23.1 Å². The molecule has 0 aromatic heterocycles. The number of carbonyl (C=O) groups excluding carboxylic acids is 2. The Morgan fingerprint density at radius 1 is 1.12 bits per heavy atom. The number of nitro benzene ring substituents is 1. The predicted molar refractivity (Wildman–Crippen MR) is 126 cm³/mol. The molecule has 1 fully saturated rings. The van der Waals surface area contributed by atoms with Gasteiger partial charge >= 0.3 is 0 Å². The fourth-order valence-electron chi connectivity index (χ4n) is 3.68. The first-order chi connectivity index (χ1) is 15.8. The van der Waals surface area contributed by atoms with E-state index >= 15 is 0 Å². The molecule has 0 radical (unpaired) electrons. The summed E-state index contributed by atoms with van der Waals surface area (Å²) >= 11 is 5.85. The van der Waals surface area contributed by atoms with Crippen LogP contribution in [0.2, 0.25) is 5.02 Å². The van der Waals surface area contributed by atoms with Crippen LogP contribution in [0, 0.1) is 10.1 Å². The maximum absolute atomic E-state index is 12.8. The molecule has 1 aliphatic rings. The SMILES string of the molecule is CC(=O)N1CCN(c2ccc(C(=O)N(C)CCCOc3ccc(Cl)cc3)cc2[N+](=O)[O-])CC1. The van der Waals surface area contributed by atoms with Crippen molar-refractivity contribution in [2.24, 2.45) is 0 Å². The molecule has 2 aromatic carbocycles. The van der Waals surface area contributed by atoms with E-state index in [2.05, 4.69) is 0 Å². The van der Waals surface area contributed by atoms with Gasteiger partial charge in [-0.1, -0.05) is 11.6 Å². The normalized spacial score (nSPS) is 13.5. The summed E-state index contributed by atoms with van der Waals surface area (Å²) in [6.07, 6.45) is 0.603. The van der Waals surface area contributed by atoms with Crippen molar-refractivity contribution in [3.63, 3.8) is 0 Å². The van der Waals surface area contributed by atoms with Gasteiger partial charge in [0, 0.05) is 63.3 Å². The van der Waals surface area contributed by atoms with Gasteiger partial charge in [0.2, 0.25) is 5.91 Å². The second-order valence-corrected chi connectivity index (χ2v) is 8.27. The van der Waals surface area contributed by atoms with E-state index in [1.165, 1.54) is 17.9 Å². The highest BCUT2D eigenvalue weighted by Gasteiger charge is 2.26. The molecule has 2 amide bonds. The molecule has 0 atom stereocenters. The first-order valence-corrected chi connectivity index (χ1v) is 11.1. The molecule has 2 aromatic rings. The topological polar surface area (TPSA) is 96.2 Å². The van der Waals surface area contributed by atoms with Gasteiger partial charge in [-0.05, 0) is 42.8 Å². The summed E-state index contributed by atoms with van der Waals surface area (Å²) in [6.45, 7) is 4.39. The minimum absolute atomic E-state index is 0.00769. The number of benzene rings is 2. The number of halogens is 1. The van der Waals surface area contributed by atoms with E-state index in [9.17, 15) is 19.7 Å². The number of rotatable bonds is 8. The zero-order valence-electron chi connectivity index (χ0n) is 18.7. The predicted octanol–water partition coefficient (Wildman–Crippen LogP) is 3.46. The van der Waals surface area contributed by atoms with Gasteiger partial charge in [0.15, 0.2) is 0 Å². The van der Waals surface area contributed by atoms with Crippen LogP contribution in [0.1, 0.15) is 23.7 Å². The van der Waals surface area contributed by atoms with Crippen molar-refractivity contribution in [2.45, 2.75) is 13.3 Å². The summed E-state index contributed by atoms with van der Waals surface area (Å²) in [5.74, 6) is 0.396. The second kappa shape index (κ2) is 11.0. The smallest absolute Gasteiger partial charge is 0.293 e. The molecular weight excluding hydrogens is 448 g/mol. The molecule has 0 saturated carbocycles. The zero-order valence-corrected chi connectivity index (χ0v) is 19.5. The van der Waals surface area contributed by atoms with Gasteiger partial charge in [0.1, 0.15) is 11.4 Å². The van der Waals surface area contributed by atoms with Crippen LogP contribution in [-0.2, 0) is 4.79 Å². The number of piperazine rings is 1. The van der Waals surface area contributed by atoms with Crippen LogP contribution in [0.15, 0.2) is 42.5 Å². The van der Waals surface area contributed by atoms with Gasteiger partial charge in [-0.25, -0.2) is 0 Å². The number of carbonyl (C=O) groups is 2. The Balaban J connectivity index is 1.59. The van der Waals surface area contributed by atoms with Crippen molar-refractivity contribution in [1.29, 1.82) is 0 Å². The van der Waals surface area contributed by atoms with Crippen LogP contribution < -0.4 is 9.64 Å². The van der Waals surface area contributed by atoms with E-state index in [0.717, 1.165) is 0 Å². The van der Waals surface area contributed by atoms with Crippen molar-refractivity contribution in [3.8, 4) is 5.75 Å². The Hall–Kier alpha value is -3.33. The van der Waals surface area contributed by atoms with Crippen LogP contribution in [-0.4, -0.2) is 72.9 Å². The van der Waals surface area contributed by atoms with E-state index in [1.54, 1.807) is 48.3 Å². The van der Waals surface area contributed by atoms with Crippen LogP contribution in [0.3, 0.4) is 0 Å². The molecule has 33 heavy (non-hydrogen) atoms. The maximum atomic E-state index is 12.8. The number of hydrogen-bond acceptors (Lipinski definition) is 6. The molecule has 0 bridgehead atoms. The Labute approximate surface area is 197 Å². The van der Waals surface area contributed by atoms with Gasteiger partial charge in [-0.2, -0.15) is 0 Å². The molecule has 0 spiro atoms. The van der Waals surface area contributed by atoms with Crippen molar-refractivity contribution >= 4 is 34.8 Å². The molecule has 0 N–H and O–H groups in total. The third kappa shape index (κ3) is 6.35. The van der Waals surface area contributed by atoms with Crippen molar-refractivity contribution in [2.75, 3.05) is 51.3 Å². The van der Waals surface area contributed by atoms with Gasteiger partial charge in [-0.3, -0.25) is 19.7 Å². The summed E-state index contributed by atoms with van der Waals surface area (Å²) in [4.78, 5) is 40.7. The second-order valence-electron chi connectivity index (χ2n) is 7.84. The van der Waals surface area contributed by atoms with Gasteiger partial charge in [-0.15, -0.1) is 0 Å². The standard InChI is InChI=1S/C23H27ClN4O5/c1-17(29)26-11-13-27(14-12-26)21-9-4-18(16-22(21)28(31)32)23(30)25(2)10-3-15-33-20-7-5-19(24)6-8-20/h4-9,16H,3,10-15H2,1-2H3. The lowest BCUT2D eigenvalue weighted by Gasteiger charge is -2.35. The number of hydrogen-bond donors (Lipinski definition) is 0. The first kappa shape index (κ1) is 24.3. The third-order valence-corrected chi connectivity index (χ3v) is 5.80. The maximum Gasteiger partial charge on any atom is 0.293 e. The number of nitro groups is 1. The molecule has 1 heterocycles. The molecule has 9 nitrogen and oxygen atoms in total. The average Bonchev–Trinajstić information content (AvgIpc) is 2.82. The van der Waals surface area contributed by atoms with E-state index in [1.807, 2.05) is 4.90 Å². The van der Waals surface area contributed by atoms with Crippen LogP contribution in [0.4, 0.5) is 11.4 Å². The number of anilines is 1. The molecule has 3 rings (SSSR count). The van der Waals surface area contributed by atoms with Gasteiger partial charge in [0.05, 0.1) is 11.5 Å². The summed E-state index contributed by atoms with van der Waals surface area (Å²) in [5, 5.41) is 12.3. The van der Waals surface area contributed by atoms with E-state index < -0.39 is 4.92 Å². The molecule has 0 unspecified atom stereocenters. The summed E-state index contributed by atoms with van der Waals surface area (Å²) in [5.41, 5.74) is 0.601. The molecule has 176 valence electrons. The fourth-order valence-corrected chi connectivity index (χ4v) is 3.80. The molecule has 1 aliphatic heterocycles. The number of ether oxygens (including phenoxy) is 1. The van der Waals surface area contributed by atoms with Crippen molar-refractivity contribution < 1.29 is 19.2 Å². The Morgan fingerprint density at radius 3 is 2.39 bits per heavy atom. The lowest BCUT2D eigenvalue weighted by atomic mass is 10.1. The Morgan fingerprint density at radius 2 is 1.79 bits per heavy atom. The lowest BCUT2D eigenvalue weighted by molar-refractivity contribution is -0.384. The van der Waals surface area contributed by atoms with Crippen molar-refractivity contribution in [1.82, 2.24) is 9.80 Å². The van der Waals surface area contributed by atoms with E-state index in [4.69, 9.17) is 16.3 Å². The summed E-state index contributed by atoms with van der Waals surface area (Å²) < 4.78 is 5.64. The molecule has 10 heteroatoms. The Bertz CT molecular complexity index is 1010. The quantitative estimate of drug-likeness (QED) is 0.330. The summed E-state index contributed by atoms with van der Waals surface area (Å²) in [6, 6.07) is 11.6. The van der Waals surface area contributed by atoms with Gasteiger partial charge < -0.3 is 19.4 Å². The minimum Gasteiger partial charge on any atom is -0.494 e. The Kier molecular flexibility index (Phi) is 8.11. The minimum atomic E-state index is -0.469. The highest BCUT2D eigenvalue weighted by Crippen LogP contribution is 2.30. The average molecular weight is 475 g/mol. The number of nitrogens with zero attached hydrogens (tertiary/aromatic N) is 4. The molecular formula is C23H27ClN4O5. The monoisotopic (exact) mass is 474 g/mol. The molecule has 1 saturated heterocycles. The number of amides is 2. The first-order valence-electron chi connectivity index (χ1n) is 10.7.